The van der Waals surface area contributed by atoms with E-state index in [1.165, 1.54) is 0 Å². The Bertz CT molecular complexity index is 113. The zero-order valence-corrected chi connectivity index (χ0v) is 9.51. The van der Waals surface area contributed by atoms with Gasteiger partial charge in [-0.05, 0) is 19.3 Å². The maximum atomic E-state index is 9.79. The Morgan fingerprint density at radius 2 is 1.62 bits per heavy atom. The molecule has 13 heavy (non-hydrogen) atoms. The van der Waals surface area contributed by atoms with Gasteiger partial charge in [0.2, 0.25) is 0 Å². The van der Waals surface area contributed by atoms with Crippen molar-refractivity contribution < 1.29 is 5.11 Å². The third-order valence-corrected chi connectivity index (χ3v) is 2.88. The normalized spacial score (nSPS) is 16.2. The predicted molar refractivity (Wildman–Crippen MR) is 57.8 cm³/mol. The van der Waals surface area contributed by atoms with Gasteiger partial charge in [-0.3, -0.25) is 0 Å². The van der Waals surface area contributed by atoms with Crippen LogP contribution in [-0.4, -0.2) is 23.8 Å². The zero-order valence-electron chi connectivity index (χ0n) is 9.51. The Morgan fingerprint density at radius 1 is 1.08 bits per heavy atom. The summed E-state index contributed by atoms with van der Waals surface area (Å²) in [6.45, 7) is 9.32. The molecule has 0 radical (unpaired) electrons. The van der Waals surface area contributed by atoms with Crippen molar-refractivity contribution in [3.63, 3.8) is 0 Å². The number of hydrogen-bond acceptors (Lipinski definition) is 2. The molecule has 0 rings (SSSR count). The molecule has 0 aromatic carbocycles. The molecule has 2 unspecified atom stereocenters. The highest BCUT2D eigenvalue weighted by molar-refractivity contribution is 4.70. The van der Waals surface area contributed by atoms with E-state index >= 15 is 0 Å². The average molecular weight is 187 g/mol. The van der Waals surface area contributed by atoms with Crippen molar-refractivity contribution in [2.45, 2.75) is 59.1 Å². The van der Waals surface area contributed by atoms with Gasteiger partial charge in [0.25, 0.3) is 0 Å². The molecule has 0 aliphatic heterocycles. The molecule has 0 heterocycles. The molecule has 2 atom stereocenters. The minimum Gasteiger partial charge on any atom is -0.392 e. The lowest BCUT2D eigenvalue weighted by Gasteiger charge is -2.22. The summed E-state index contributed by atoms with van der Waals surface area (Å²) in [7, 11) is 0. The highest BCUT2D eigenvalue weighted by Gasteiger charge is 2.15. The average Bonchev–Trinajstić information content (AvgIpc) is 2.16. The third kappa shape index (κ3) is 5.27. The van der Waals surface area contributed by atoms with E-state index in [1.807, 2.05) is 0 Å². The van der Waals surface area contributed by atoms with Crippen molar-refractivity contribution in [2.75, 3.05) is 6.54 Å². The summed E-state index contributed by atoms with van der Waals surface area (Å²) in [6, 6.07) is 0.518. The van der Waals surface area contributed by atoms with Gasteiger partial charge in [0, 0.05) is 12.6 Å². The van der Waals surface area contributed by atoms with Gasteiger partial charge in [0.1, 0.15) is 0 Å². The molecule has 80 valence electrons. The van der Waals surface area contributed by atoms with E-state index in [9.17, 15) is 5.11 Å². The molecule has 0 aliphatic rings. The molecule has 0 aromatic heterocycles. The highest BCUT2D eigenvalue weighted by atomic mass is 16.3. The summed E-state index contributed by atoms with van der Waals surface area (Å²) in [4.78, 5) is 0. The second-order valence-corrected chi connectivity index (χ2v) is 3.86. The summed E-state index contributed by atoms with van der Waals surface area (Å²) >= 11 is 0. The Morgan fingerprint density at radius 3 is 2.00 bits per heavy atom. The molecule has 0 saturated carbocycles. The Labute approximate surface area is 82.7 Å². The molecule has 2 heteroatoms. The van der Waals surface area contributed by atoms with Gasteiger partial charge in [-0.2, -0.15) is 0 Å². The number of aliphatic hydroxyl groups is 1. The van der Waals surface area contributed by atoms with Crippen LogP contribution in [0.15, 0.2) is 0 Å². The van der Waals surface area contributed by atoms with E-state index in [1.54, 1.807) is 0 Å². The fraction of sp³-hybridized carbons (Fsp3) is 1.00. The first-order valence-corrected chi connectivity index (χ1v) is 5.57. The largest absolute Gasteiger partial charge is 0.392 e. The minimum atomic E-state index is -0.177. The van der Waals surface area contributed by atoms with Gasteiger partial charge in [-0.1, -0.05) is 33.6 Å². The fourth-order valence-electron chi connectivity index (χ4n) is 1.47. The number of hydrogen-bond donors (Lipinski definition) is 2. The highest BCUT2D eigenvalue weighted by Crippen LogP contribution is 2.12. The minimum absolute atomic E-state index is 0.177. The van der Waals surface area contributed by atoms with Crippen LogP contribution in [0.4, 0.5) is 0 Å². The first kappa shape index (κ1) is 12.9. The number of aliphatic hydroxyl groups excluding tert-OH is 1. The Kier molecular flexibility index (Phi) is 7.29. The van der Waals surface area contributed by atoms with Crippen LogP contribution in [0.1, 0.15) is 47.0 Å². The lowest BCUT2D eigenvalue weighted by atomic mass is 9.96. The summed E-state index contributed by atoms with van der Waals surface area (Å²) < 4.78 is 0. The molecule has 0 aromatic rings. The lowest BCUT2D eigenvalue weighted by Crippen LogP contribution is -2.36. The smallest absolute Gasteiger partial charge is 0.0692 e. The SMILES string of the molecule is CCC(C)NCC(O)C(CC)CC. The van der Waals surface area contributed by atoms with Crippen molar-refractivity contribution in [3.05, 3.63) is 0 Å². The molecule has 2 N–H and O–H groups in total. The zero-order chi connectivity index (χ0) is 10.3. The van der Waals surface area contributed by atoms with Crippen LogP contribution in [0.5, 0.6) is 0 Å². The van der Waals surface area contributed by atoms with Gasteiger partial charge in [0.15, 0.2) is 0 Å². The molecule has 2 nitrogen and oxygen atoms in total. The summed E-state index contributed by atoms with van der Waals surface area (Å²) in [5.41, 5.74) is 0. The van der Waals surface area contributed by atoms with E-state index in [4.69, 9.17) is 0 Å². The first-order valence-electron chi connectivity index (χ1n) is 5.57. The van der Waals surface area contributed by atoms with E-state index in [0.717, 1.165) is 25.8 Å². The molecule has 0 bridgehead atoms. The van der Waals surface area contributed by atoms with Gasteiger partial charge in [-0.25, -0.2) is 0 Å². The molecule has 0 amide bonds. The van der Waals surface area contributed by atoms with Crippen LogP contribution < -0.4 is 5.32 Å². The lowest BCUT2D eigenvalue weighted by molar-refractivity contribution is 0.0987. The molecular weight excluding hydrogens is 162 g/mol. The number of nitrogens with one attached hydrogen (secondary N) is 1. The van der Waals surface area contributed by atoms with Crippen molar-refractivity contribution in [3.8, 4) is 0 Å². The number of rotatable bonds is 7. The molecular formula is C11H25NO. The van der Waals surface area contributed by atoms with Crippen molar-refractivity contribution in [1.82, 2.24) is 5.32 Å². The summed E-state index contributed by atoms with van der Waals surface area (Å²) in [5.74, 6) is 0.455. The van der Waals surface area contributed by atoms with Crippen LogP contribution in [0, 0.1) is 5.92 Å². The van der Waals surface area contributed by atoms with Crippen LogP contribution in [0.25, 0.3) is 0 Å². The maximum absolute atomic E-state index is 9.79. The Balaban J connectivity index is 3.65. The van der Waals surface area contributed by atoms with E-state index in [2.05, 4.69) is 33.0 Å². The van der Waals surface area contributed by atoms with Crippen LogP contribution in [-0.2, 0) is 0 Å². The third-order valence-electron chi connectivity index (χ3n) is 2.88. The Hall–Kier alpha value is -0.0800. The first-order chi connectivity index (χ1) is 6.15. The summed E-state index contributed by atoms with van der Waals surface area (Å²) in [6.07, 6.45) is 3.08. The topological polar surface area (TPSA) is 32.3 Å². The summed E-state index contributed by atoms with van der Waals surface area (Å²) in [5, 5.41) is 13.1. The van der Waals surface area contributed by atoms with Crippen LogP contribution in [0.2, 0.25) is 0 Å². The molecule has 0 aliphatic carbocycles. The fourth-order valence-corrected chi connectivity index (χ4v) is 1.47. The van der Waals surface area contributed by atoms with Gasteiger partial charge in [-0.15, -0.1) is 0 Å². The predicted octanol–water partition coefficient (Wildman–Crippen LogP) is 2.17. The van der Waals surface area contributed by atoms with E-state index in [0.29, 0.717) is 12.0 Å². The second kappa shape index (κ2) is 7.34. The molecule has 0 fully saturated rings. The maximum Gasteiger partial charge on any atom is 0.0692 e. The molecule has 0 spiro atoms. The van der Waals surface area contributed by atoms with Gasteiger partial charge in [0.05, 0.1) is 6.10 Å². The van der Waals surface area contributed by atoms with Crippen LogP contribution in [0.3, 0.4) is 0 Å². The second-order valence-electron chi connectivity index (χ2n) is 3.86. The van der Waals surface area contributed by atoms with Crippen molar-refractivity contribution >= 4 is 0 Å². The van der Waals surface area contributed by atoms with Crippen molar-refractivity contribution in [2.24, 2.45) is 5.92 Å². The quantitative estimate of drug-likeness (QED) is 0.640. The van der Waals surface area contributed by atoms with Gasteiger partial charge >= 0.3 is 0 Å². The van der Waals surface area contributed by atoms with Crippen LogP contribution >= 0.6 is 0 Å². The van der Waals surface area contributed by atoms with Gasteiger partial charge < -0.3 is 10.4 Å². The van der Waals surface area contributed by atoms with Crippen molar-refractivity contribution in [1.29, 1.82) is 0 Å². The monoisotopic (exact) mass is 187 g/mol. The van der Waals surface area contributed by atoms with E-state index in [-0.39, 0.29) is 6.10 Å². The van der Waals surface area contributed by atoms with E-state index < -0.39 is 0 Å². The molecule has 0 saturated heterocycles. The standard InChI is InChI=1S/C11H25NO/c1-5-9(4)12-8-11(13)10(6-2)7-3/h9-13H,5-8H2,1-4H3.